The van der Waals surface area contributed by atoms with Crippen LogP contribution in [0.3, 0.4) is 0 Å². The summed E-state index contributed by atoms with van der Waals surface area (Å²) >= 11 is 0. The standard InChI is InChI=1S/C15H14N4O2/c1-11(10-20-2)21-14-5-3-13(4-6-14)19-15(9-18)12(7-16)8-17/h3-6,11,19H,10H2,1-2H3. The van der Waals surface area contributed by atoms with Crippen LogP contribution < -0.4 is 10.1 Å². The van der Waals surface area contributed by atoms with Gasteiger partial charge in [-0.3, -0.25) is 0 Å². The smallest absolute Gasteiger partial charge is 0.163 e. The van der Waals surface area contributed by atoms with Crippen molar-refractivity contribution in [2.24, 2.45) is 0 Å². The van der Waals surface area contributed by atoms with Crippen LogP contribution in [0, 0.1) is 34.0 Å². The van der Waals surface area contributed by atoms with Crippen molar-refractivity contribution >= 4 is 5.69 Å². The summed E-state index contributed by atoms with van der Waals surface area (Å²) in [6.07, 6.45) is -0.0767. The van der Waals surface area contributed by atoms with E-state index in [4.69, 9.17) is 25.3 Å². The summed E-state index contributed by atoms with van der Waals surface area (Å²) in [5, 5.41) is 29.2. The van der Waals surface area contributed by atoms with E-state index in [2.05, 4.69) is 5.32 Å². The number of allylic oxidation sites excluding steroid dienone is 2. The predicted octanol–water partition coefficient (Wildman–Crippen LogP) is 2.34. The lowest BCUT2D eigenvalue weighted by molar-refractivity contribution is 0.0921. The van der Waals surface area contributed by atoms with E-state index in [-0.39, 0.29) is 17.4 Å². The van der Waals surface area contributed by atoms with Gasteiger partial charge in [-0.2, -0.15) is 15.8 Å². The van der Waals surface area contributed by atoms with Gasteiger partial charge in [0, 0.05) is 12.8 Å². The SMILES string of the molecule is COCC(C)Oc1ccc(NC(C#N)=C(C#N)C#N)cc1. The molecule has 0 radical (unpaired) electrons. The Morgan fingerprint density at radius 2 is 1.76 bits per heavy atom. The summed E-state index contributed by atoms with van der Waals surface area (Å²) in [5.41, 5.74) is 0.245. The van der Waals surface area contributed by atoms with Crippen LogP contribution in [0.1, 0.15) is 6.92 Å². The maximum Gasteiger partial charge on any atom is 0.163 e. The second kappa shape index (κ2) is 8.22. The first kappa shape index (κ1) is 16.0. The van der Waals surface area contributed by atoms with Crippen LogP contribution in [-0.2, 0) is 4.74 Å². The van der Waals surface area contributed by atoms with E-state index in [0.717, 1.165) is 0 Å². The number of rotatable bonds is 6. The van der Waals surface area contributed by atoms with E-state index in [1.165, 1.54) is 0 Å². The van der Waals surface area contributed by atoms with Crippen LogP contribution >= 0.6 is 0 Å². The average Bonchev–Trinajstić information content (AvgIpc) is 2.49. The molecule has 1 unspecified atom stereocenters. The summed E-state index contributed by atoms with van der Waals surface area (Å²) in [5.74, 6) is 0.661. The number of methoxy groups -OCH3 is 1. The zero-order valence-corrected chi connectivity index (χ0v) is 11.8. The van der Waals surface area contributed by atoms with Gasteiger partial charge < -0.3 is 14.8 Å². The molecule has 0 heterocycles. The summed E-state index contributed by atoms with van der Waals surface area (Å²) < 4.78 is 10.6. The van der Waals surface area contributed by atoms with Crippen molar-refractivity contribution in [3.8, 4) is 24.0 Å². The van der Waals surface area contributed by atoms with Crippen molar-refractivity contribution in [3.05, 3.63) is 35.5 Å². The molecule has 0 aliphatic heterocycles. The average molecular weight is 282 g/mol. The number of benzene rings is 1. The molecule has 6 nitrogen and oxygen atoms in total. The number of hydrogen-bond donors (Lipinski definition) is 1. The Hall–Kier alpha value is -3.01. The van der Waals surface area contributed by atoms with Gasteiger partial charge in [0.2, 0.25) is 0 Å². The summed E-state index contributed by atoms with van der Waals surface area (Å²) in [4.78, 5) is 0. The van der Waals surface area contributed by atoms with Gasteiger partial charge in [0.15, 0.2) is 5.57 Å². The molecule has 1 N–H and O–H groups in total. The number of anilines is 1. The fourth-order valence-electron chi connectivity index (χ4n) is 1.55. The quantitative estimate of drug-likeness (QED) is 0.803. The van der Waals surface area contributed by atoms with E-state index >= 15 is 0 Å². The minimum absolute atomic E-state index is 0.0767. The van der Waals surface area contributed by atoms with E-state index in [1.54, 1.807) is 49.6 Å². The monoisotopic (exact) mass is 282 g/mol. The third-order valence-electron chi connectivity index (χ3n) is 2.45. The molecule has 0 amide bonds. The van der Waals surface area contributed by atoms with Crippen molar-refractivity contribution in [1.82, 2.24) is 0 Å². The molecule has 1 rings (SSSR count). The largest absolute Gasteiger partial charge is 0.488 e. The van der Waals surface area contributed by atoms with Gasteiger partial charge in [0.1, 0.15) is 35.8 Å². The molecular formula is C15H14N4O2. The molecule has 0 fully saturated rings. The third-order valence-corrected chi connectivity index (χ3v) is 2.45. The molecule has 0 saturated carbocycles. The number of ether oxygens (including phenoxy) is 2. The molecule has 0 aliphatic carbocycles. The molecule has 0 aromatic heterocycles. The molecule has 0 bridgehead atoms. The van der Waals surface area contributed by atoms with Crippen LogP contribution in [0.25, 0.3) is 0 Å². The Kier molecular flexibility index (Phi) is 6.28. The number of hydrogen-bond acceptors (Lipinski definition) is 6. The highest BCUT2D eigenvalue weighted by molar-refractivity contribution is 5.58. The van der Waals surface area contributed by atoms with Gasteiger partial charge in [-0.15, -0.1) is 0 Å². The molecule has 0 aliphatic rings. The fourth-order valence-corrected chi connectivity index (χ4v) is 1.55. The predicted molar refractivity (Wildman–Crippen MR) is 75.9 cm³/mol. The number of nitriles is 3. The van der Waals surface area contributed by atoms with Gasteiger partial charge in [-0.05, 0) is 31.2 Å². The first-order valence-corrected chi connectivity index (χ1v) is 6.11. The summed E-state index contributed by atoms with van der Waals surface area (Å²) in [7, 11) is 1.60. The summed E-state index contributed by atoms with van der Waals surface area (Å²) in [6, 6.07) is 12.0. The molecule has 6 heteroatoms. The van der Waals surface area contributed by atoms with Crippen molar-refractivity contribution < 1.29 is 9.47 Å². The van der Waals surface area contributed by atoms with Gasteiger partial charge in [-0.25, -0.2) is 0 Å². The number of nitrogens with zero attached hydrogens (tertiary/aromatic N) is 3. The highest BCUT2D eigenvalue weighted by Crippen LogP contribution is 2.19. The highest BCUT2D eigenvalue weighted by atomic mass is 16.5. The van der Waals surface area contributed by atoms with Gasteiger partial charge in [0.05, 0.1) is 6.61 Å². The zero-order chi connectivity index (χ0) is 15.7. The van der Waals surface area contributed by atoms with Crippen LogP contribution in [0.2, 0.25) is 0 Å². The van der Waals surface area contributed by atoms with Gasteiger partial charge in [-0.1, -0.05) is 0 Å². The first-order chi connectivity index (χ1) is 10.1. The normalized spacial score (nSPS) is 10.4. The lowest BCUT2D eigenvalue weighted by Gasteiger charge is -2.14. The molecule has 1 aromatic rings. The third kappa shape index (κ3) is 4.87. The molecule has 0 saturated heterocycles. The van der Waals surface area contributed by atoms with Gasteiger partial charge >= 0.3 is 0 Å². The first-order valence-electron chi connectivity index (χ1n) is 6.11. The van der Waals surface area contributed by atoms with Gasteiger partial charge in [0.25, 0.3) is 0 Å². The minimum atomic E-state index is -0.258. The zero-order valence-electron chi connectivity index (χ0n) is 11.8. The van der Waals surface area contributed by atoms with Crippen molar-refractivity contribution in [3.63, 3.8) is 0 Å². The topological polar surface area (TPSA) is 102 Å². The lowest BCUT2D eigenvalue weighted by atomic mass is 10.2. The number of nitrogens with one attached hydrogen (secondary N) is 1. The molecule has 1 aromatic carbocycles. The Balaban J connectivity index is 2.81. The van der Waals surface area contributed by atoms with Crippen LogP contribution in [0.15, 0.2) is 35.5 Å². The fraction of sp³-hybridized carbons (Fsp3) is 0.267. The molecule has 1 atom stereocenters. The molecule has 106 valence electrons. The van der Waals surface area contributed by atoms with E-state index in [1.807, 2.05) is 6.92 Å². The van der Waals surface area contributed by atoms with E-state index in [0.29, 0.717) is 18.0 Å². The minimum Gasteiger partial charge on any atom is -0.488 e. The molecule has 0 spiro atoms. The van der Waals surface area contributed by atoms with Crippen molar-refractivity contribution in [2.75, 3.05) is 19.0 Å². The van der Waals surface area contributed by atoms with Crippen LogP contribution in [0.5, 0.6) is 5.75 Å². The maximum atomic E-state index is 8.94. The van der Waals surface area contributed by atoms with Crippen LogP contribution in [-0.4, -0.2) is 19.8 Å². The second-order valence-electron chi connectivity index (χ2n) is 4.12. The Morgan fingerprint density at radius 3 is 2.24 bits per heavy atom. The van der Waals surface area contributed by atoms with Crippen molar-refractivity contribution in [2.45, 2.75) is 13.0 Å². The van der Waals surface area contributed by atoms with E-state index in [9.17, 15) is 0 Å². The molecule has 21 heavy (non-hydrogen) atoms. The summed E-state index contributed by atoms with van der Waals surface area (Å²) in [6.45, 7) is 2.37. The Labute approximate surface area is 123 Å². The molecular weight excluding hydrogens is 268 g/mol. The maximum absolute atomic E-state index is 8.94. The Bertz CT molecular complexity index is 614. The Morgan fingerprint density at radius 1 is 1.14 bits per heavy atom. The van der Waals surface area contributed by atoms with Crippen molar-refractivity contribution in [1.29, 1.82) is 15.8 Å². The second-order valence-corrected chi connectivity index (χ2v) is 4.12. The highest BCUT2D eigenvalue weighted by Gasteiger charge is 2.07. The lowest BCUT2D eigenvalue weighted by Crippen LogP contribution is -2.17. The van der Waals surface area contributed by atoms with Crippen LogP contribution in [0.4, 0.5) is 5.69 Å². The van der Waals surface area contributed by atoms with E-state index < -0.39 is 0 Å².